The van der Waals surface area contributed by atoms with Gasteiger partial charge in [0.05, 0.1) is 17.8 Å². The zero-order chi connectivity index (χ0) is 19.2. The van der Waals surface area contributed by atoms with Gasteiger partial charge in [0.15, 0.2) is 0 Å². The third-order valence-corrected chi connectivity index (χ3v) is 5.65. The van der Waals surface area contributed by atoms with Gasteiger partial charge in [0, 0.05) is 19.2 Å². The highest BCUT2D eigenvalue weighted by Crippen LogP contribution is 2.19. The summed E-state index contributed by atoms with van der Waals surface area (Å²) in [5.41, 5.74) is 0.940. The van der Waals surface area contributed by atoms with Crippen molar-refractivity contribution < 1.29 is 17.9 Å². The van der Waals surface area contributed by atoms with Crippen LogP contribution in [0.2, 0.25) is 0 Å². The molecule has 0 aliphatic carbocycles. The maximum Gasteiger partial charge on any atom is 0.225 e. The first-order valence-electron chi connectivity index (χ1n) is 8.91. The van der Waals surface area contributed by atoms with Crippen LogP contribution in [0.25, 0.3) is 0 Å². The van der Waals surface area contributed by atoms with E-state index in [9.17, 15) is 13.2 Å². The second-order valence-corrected chi connectivity index (χ2v) is 8.58. The molecular weight excluding hydrogens is 354 g/mol. The molecule has 8 heteroatoms. The lowest BCUT2D eigenvalue weighted by molar-refractivity contribution is -0.130. The Labute approximate surface area is 155 Å². The van der Waals surface area contributed by atoms with Crippen LogP contribution in [0.1, 0.15) is 25.3 Å². The lowest BCUT2D eigenvalue weighted by Crippen LogP contribution is -2.50. The molecular formula is C18H29N3O4S. The van der Waals surface area contributed by atoms with E-state index in [0.717, 1.165) is 24.9 Å². The number of carbonyl (C=O) groups excluding carboxylic acids is 1. The normalized spacial score (nSPS) is 21.1. The van der Waals surface area contributed by atoms with Crippen molar-refractivity contribution in [3.8, 4) is 0 Å². The van der Waals surface area contributed by atoms with Gasteiger partial charge in [-0.15, -0.1) is 0 Å². The fraction of sp³-hybridized carbons (Fsp3) is 0.611. The Morgan fingerprint density at radius 2 is 2.08 bits per heavy atom. The molecule has 26 heavy (non-hydrogen) atoms. The number of primary sulfonamides is 1. The number of ether oxygens (including phenoxy) is 1. The first kappa shape index (κ1) is 20.8. The number of rotatable bonds is 9. The topological polar surface area (TPSA) is 111 Å². The van der Waals surface area contributed by atoms with Crippen LogP contribution in [-0.4, -0.2) is 51.9 Å². The summed E-state index contributed by atoms with van der Waals surface area (Å²) in [5.74, 6) is -0.941. The Hall–Kier alpha value is -1.48. The molecule has 1 aromatic carbocycles. The van der Waals surface area contributed by atoms with E-state index in [0.29, 0.717) is 6.42 Å². The SMILES string of the molecule is CO[C@@H](C1CCCN1)[C@@H](C)C(=O)NC(Cc1ccccc1)CS(N)(=O)=O. The van der Waals surface area contributed by atoms with E-state index in [1.807, 2.05) is 30.3 Å². The molecule has 2 unspecified atom stereocenters. The van der Waals surface area contributed by atoms with Crippen molar-refractivity contribution in [2.75, 3.05) is 19.4 Å². The van der Waals surface area contributed by atoms with Crippen LogP contribution in [-0.2, 0) is 26.0 Å². The Balaban J connectivity index is 2.06. The highest BCUT2D eigenvalue weighted by Gasteiger charge is 2.34. The fourth-order valence-corrected chi connectivity index (χ4v) is 4.28. The Morgan fingerprint density at radius 3 is 2.62 bits per heavy atom. The summed E-state index contributed by atoms with van der Waals surface area (Å²) in [7, 11) is -2.12. The summed E-state index contributed by atoms with van der Waals surface area (Å²) >= 11 is 0. The summed E-state index contributed by atoms with van der Waals surface area (Å²) in [6, 6.07) is 8.97. The van der Waals surface area contributed by atoms with E-state index in [-0.39, 0.29) is 23.8 Å². The van der Waals surface area contributed by atoms with E-state index >= 15 is 0 Å². The van der Waals surface area contributed by atoms with Gasteiger partial charge in [-0.3, -0.25) is 4.79 Å². The van der Waals surface area contributed by atoms with Crippen LogP contribution in [0, 0.1) is 5.92 Å². The van der Waals surface area contributed by atoms with Gasteiger partial charge < -0.3 is 15.4 Å². The number of nitrogens with one attached hydrogen (secondary N) is 2. The highest BCUT2D eigenvalue weighted by molar-refractivity contribution is 7.89. The molecule has 0 radical (unpaired) electrons. The molecule has 2 rings (SSSR count). The number of hydrogen-bond acceptors (Lipinski definition) is 5. The number of carbonyl (C=O) groups is 1. The summed E-state index contributed by atoms with van der Waals surface area (Å²) < 4.78 is 28.7. The molecule has 4 atom stereocenters. The Morgan fingerprint density at radius 1 is 1.38 bits per heavy atom. The second kappa shape index (κ2) is 9.45. The van der Waals surface area contributed by atoms with Crippen molar-refractivity contribution in [3.63, 3.8) is 0 Å². The molecule has 1 saturated heterocycles. The first-order chi connectivity index (χ1) is 12.3. The molecule has 1 fully saturated rings. The summed E-state index contributed by atoms with van der Waals surface area (Å²) in [6.45, 7) is 2.72. The van der Waals surface area contributed by atoms with Crippen molar-refractivity contribution in [2.24, 2.45) is 11.1 Å². The molecule has 0 aromatic heterocycles. The van der Waals surface area contributed by atoms with E-state index in [1.165, 1.54) is 0 Å². The molecule has 7 nitrogen and oxygen atoms in total. The molecule has 1 aliphatic heterocycles. The third-order valence-electron chi connectivity index (χ3n) is 4.78. The average molecular weight is 384 g/mol. The minimum Gasteiger partial charge on any atom is -0.379 e. The number of amides is 1. The maximum atomic E-state index is 12.7. The van der Waals surface area contributed by atoms with Gasteiger partial charge in [-0.1, -0.05) is 37.3 Å². The lowest BCUT2D eigenvalue weighted by atomic mass is 9.95. The molecule has 1 aromatic rings. The van der Waals surface area contributed by atoms with Gasteiger partial charge in [0.25, 0.3) is 0 Å². The first-order valence-corrected chi connectivity index (χ1v) is 10.6. The fourth-order valence-electron chi connectivity index (χ4n) is 3.52. The van der Waals surface area contributed by atoms with Crippen LogP contribution in [0.4, 0.5) is 0 Å². The number of hydrogen-bond donors (Lipinski definition) is 3. The number of nitrogens with two attached hydrogens (primary N) is 1. The van der Waals surface area contributed by atoms with Gasteiger partial charge in [0.2, 0.25) is 15.9 Å². The minimum atomic E-state index is -3.71. The minimum absolute atomic E-state index is 0.131. The van der Waals surface area contributed by atoms with E-state index in [4.69, 9.17) is 9.88 Å². The Bertz CT molecular complexity index is 675. The quantitative estimate of drug-likeness (QED) is 0.572. The molecule has 1 aliphatic rings. The molecule has 1 heterocycles. The van der Waals surface area contributed by atoms with Crippen LogP contribution in [0.3, 0.4) is 0 Å². The van der Waals surface area contributed by atoms with Crippen molar-refractivity contribution in [1.82, 2.24) is 10.6 Å². The number of methoxy groups -OCH3 is 1. The molecule has 146 valence electrons. The maximum absolute atomic E-state index is 12.7. The van der Waals surface area contributed by atoms with Crippen LogP contribution in [0.15, 0.2) is 30.3 Å². The van der Waals surface area contributed by atoms with E-state index < -0.39 is 22.0 Å². The zero-order valence-corrected chi connectivity index (χ0v) is 16.2. The monoisotopic (exact) mass is 383 g/mol. The van der Waals surface area contributed by atoms with Crippen molar-refractivity contribution in [3.05, 3.63) is 35.9 Å². The van der Waals surface area contributed by atoms with Crippen molar-refractivity contribution in [2.45, 2.75) is 44.4 Å². The summed E-state index contributed by atoms with van der Waals surface area (Å²) in [5, 5.41) is 11.4. The van der Waals surface area contributed by atoms with Gasteiger partial charge in [-0.2, -0.15) is 0 Å². The third kappa shape index (κ3) is 6.35. The average Bonchev–Trinajstić information content (AvgIpc) is 3.09. The standard InChI is InChI=1S/C18H29N3O4S/c1-13(17(25-2)16-9-6-10-20-16)18(22)21-15(12-26(19,23)24)11-14-7-4-3-5-8-14/h3-5,7-8,13,15-17,20H,6,9-12H2,1-2H3,(H,21,22)(H2,19,23,24)/t13-,15?,16?,17-/m1/s1. The predicted octanol–water partition coefficient (Wildman–Crippen LogP) is 0.406. The molecule has 0 bridgehead atoms. The smallest absolute Gasteiger partial charge is 0.225 e. The molecule has 1 amide bonds. The van der Waals surface area contributed by atoms with Crippen LogP contribution >= 0.6 is 0 Å². The van der Waals surface area contributed by atoms with Gasteiger partial charge >= 0.3 is 0 Å². The highest BCUT2D eigenvalue weighted by atomic mass is 32.2. The molecule has 4 N–H and O–H groups in total. The second-order valence-electron chi connectivity index (χ2n) is 6.92. The molecule has 0 spiro atoms. The van der Waals surface area contributed by atoms with E-state index in [1.54, 1.807) is 14.0 Å². The van der Waals surface area contributed by atoms with Gasteiger partial charge in [-0.25, -0.2) is 13.6 Å². The lowest BCUT2D eigenvalue weighted by Gasteiger charge is -2.29. The molecule has 0 saturated carbocycles. The zero-order valence-electron chi connectivity index (χ0n) is 15.4. The van der Waals surface area contributed by atoms with Crippen LogP contribution < -0.4 is 15.8 Å². The summed E-state index contributed by atoms with van der Waals surface area (Å²) in [4.78, 5) is 12.7. The van der Waals surface area contributed by atoms with E-state index in [2.05, 4.69) is 10.6 Å². The largest absolute Gasteiger partial charge is 0.379 e. The van der Waals surface area contributed by atoms with Crippen LogP contribution in [0.5, 0.6) is 0 Å². The number of benzene rings is 1. The number of sulfonamides is 1. The van der Waals surface area contributed by atoms with Gasteiger partial charge in [-0.05, 0) is 31.4 Å². The van der Waals surface area contributed by atoms with Crippen molar-refractivity contribution in [1.29, 1.82) is 0 Å². The Kier molecular flexibility index (Phi) is 7.57. The van der Waals surface area contributed by atoms with Gasteiger partial charge in [0.1, 0.15) is 0 Å². The van der Waals surface area contributed by atoms with Crippen molar-refractivity contribution >= 4 is 15.9 Å². The predicted molar refractivity (Wildman–Crippen MR) is 101 cm³/mol. The summed E-state index contributed by atoms with van der Waals surface area (Å²) in [6.07, 6.45) is 2.15.